The molecule has 0 spiro atoms. The molecule has 1 heterocycles. The summed E-state index contributed by atoms with van der Waals surface area (Å²) < 4.78 is 11.1. The Labute approximate surface area is 225 Å². The zero-order valence-electron chi connectivity index (χ0n) is 21.1. The molecule has 1 unspecified atom stereocenters. The number of rotatable bonds is 8. The SMILES string of the molecule is COc1cc(/C=C(\C#N)c2ccc(Cl)cc2)ccc1OC(=O)C(CC(C)C)N1C(=O)c2ccccc2C1=O. The zero-order chi connectivity index (χ0) is 27.4. The Kier molecular flexibility index (Phi) is 7.94. The molecular weight excluding hydrogens is 504 g/mol. The molecule has 0 bridgehead atoms. The van der Waals surface area contributed by atoms with Gasteiger partial charge >= 0.3 is 5.97 Å². The monoisotopic (exact) mass is 528 g/mol. The summed E-state index contributed by atoms with van der Waals surface area (Å²) >= 11 is 5.95. The summed E-state index contributed by atoms with van der Waals surface area (Å²) in [4.78, 5) is 40.5. The van der Waals surface area contributed by atoms with Gasteiger partial charge in [0, 0.05) is 5.02 Å². The van der Waals surface area contributed by atoms with E-state index in [4.69, 9.17) is 21.1 Å². The number of esters is 1. The summed E-state index contributed by atoms with van der Waals surface area (Å²) in [5, 5.41) is 10.2. The fourth-order valence-electron chi connectivity index (χ4n) is 4.26. The molecule has 38 heavy (non-hydrogen) atoms. The van der Waals surface area contributed by atoms with Gasteiger partial charge in [-0.15, -0.1) is 0 Å². The normalized spacial score (nSPS) is 13.8. The second-order valence-electron chi connectivity index (χ2n) is 9.18. The summed E-state index contributed by atoms with van der Waals surface area (Å²) in [5.41, 5.74) is 2.29. The average Bonchev–Trinajstić information content (AvgIpc) is 3.16. The summed E-state index contributed by atoms with van der Waals surface area (Å²) in [5.74, 6) is -1.40. The number of benzene rings is 3. The van der Waals surface area contributed by atoms with Crippen molar-refractivity contribution in [1.82, 2.24) is 4.90 Å². The molecule has 7 nitrogen and oxygen atoms in total. The van der Waals surface area contributed by atoms with Crippen LogP contribution >= 0.6 is 11.6 Å². The number of allylic oxidation sites excluding steroid dienone is 1. The van der Waals surface area contributed by atoms with E-state index in [0.717, 1.165) is 4.90 Å². The molecule has 0 aromatic heterocycles. The van der Waals surface area contributed by atoms with Crippen LogP contribution in [0.15, 0.2) is 66.7 Å². The number of methoxy groups -OCH3 is 1. The first-order chi connectivity index (χ1) is 18.2. The molecule has 0 radical (unpaired) electrons. The van der Waals surface area contributed by atoms with Crippen LogP contribution in [0.3, 0.4) is 0 Å². The second-order valence-corrected chi connectivity index (χ2v) is 9.62. The molecule has 8 heteroatoms. The van der Waals surface area contributed by atoms with Crippen LogP contribution < -0.4 is 9.47 Å². The summed E-state index contributed by atoms with van der Waals surface area (Å²) in [6, 6.07) is 19.3. The molecule has 3 aromatic rings. The Morgan fingerprint density at radius 3 is 2.18 bits per heavy atom. The fourth-order valence-corrected chi connectivity index (χ4v) is 4.38. The second kappa shape index (κ2) is 11.3. The van der Waals surface area contributed by atoms with Crippen molar-refractivity contribution in [2.45, 2.75) is 26.3 Å². The van der Waals surface area contributed by atoms with E-state index in [1.54, 1.807) is 72.8 Å². The van der Waals surface area contributed by atoms with Crippen molar-refractivity contribution in [2.24, 2.45) is 5.92 Å². The molecule has 0 N–H and O–H groups in total. The van der Waals surface area contributed by atoms with Crippen LogP contribution in [0.5, 0.6) is 11.5 Å². The summed E-state index contributed by atoms with van der Waals surface area (Å²) in [6.45, 7) is 3.79. The van der Waals surface area contributed by atoms with Crippen molar-refractivity contribution in [2.75, 3.05) is 7.11 Å². The van der Waals surface area contributed by atoms with Gasteiger partial charge < -0.3 is 9.47 Å². The number of hydrogen-bond acceptors (Lipinski definition) is 6. The van der Waals surface area contributed by atoms with E-state index in [0.29, 0.717) is 21.7 Å². The van der Waals surface area contributed by atoms with Crippen LogP contribution in [-0.4, -0.2) is 35.8 Å². The maximum Gasteiger partial charge on any atom is 0.334 e. The standard InChI is InChI=1S/C30H25ClN2O5/c1-18(2)14-25(33-28(34)23-6-4-5-7-24(23)29(33)35)30(36)38-26-13-8-19(16-27(26)37-3)15-21(17-32)20-9-11-22(31)12-10-20/h4-13,15-16,18,25H,14H2,1-3H3/b21-15+. The zero-order valence-corrected chi connectivity index (χ0v) is 21.9. The van der Waals surface area contributed by atoms with Crippen molar-refractivity contribution in [3.8, 4) is 17.6 Å². The summed E-state index contributed by atoms with van der Waals surface area (Å²) in [6.07, 6.45) is 1.91. The number of carbonyl (C=O) groups excluding carboxylic acids is 3. The van der Waals surface area contributed by atoms with E-state index in [2.05, 4.69) is 6.07 Å². The minimum absolute atomic E-state index is 0.00328. The minimum Gasteiger partial charge on any atom is -0.493 e. The molecule has 0 aliphatic carbocycles. The van der Waals surface area contributed by atoms with Crippen LogP contribution in [0, 0.1) is 17.2 Å². The highest BCUT2D eigenvalue weighted by Gasteiger charge is 2.43. The van der Waals surface area contributed by atoms with E-state index < -0.39 is 23.8 Å². The Morgan fingerprint density at radius 1 is 1.00 bits per heavy atom. The Bertz CT molecular complexity index is 1440. The summed E-state index contributed by atoms with van der Waals surface area (Å²) in [7, 11) is 1.43. The van der Waals surface area contributed by atoms with Gasteiger partial charge in [-0.3, -0.25) is 14.5 Å². The van der Waals surface area contributed by atoms with E-state index >= 15 is 0 Å². The number of carbonyl (C=O) groups is 3. The number of ether oxygens (including phenoxy) is 2. The Hall–Kier alpha value is -4.41. The third-order valence-corrected chi connectivity index (χ3v) is 6.34. The third-order valence-electron chi connectivity index (χ3n) is 6.09. The van der Waals surface area contributed by atoms with E-state index in [9.17, 15) is 19.6 Å². The average molecular weight is 529 g/mol. The molecular formula is C30H25ClN2O5. The number of nitrogens with zero attached hydrogens (tertiary/aromatic N) is 2. The van der Waals surface area contributed by atoms with Crippen molar-refractivity contribution in [3.05, 3.63) is 94.0 Å². The molecule has 0 fully saturated rings. The smallest absolute Gasteiger partial charge is 0.334 e. The lowest BCUT2D eigenvalue weighted by atomic mass is 10.0. The first kappa shape index (κ1) is 26.6. The van der Waals surface area contributed by atoms with Gasteiger partial charge in [0.05, 0.1) is 29.9 Å². The number of halogens is 1. The number of fused-ring (bicyclic) bond motifs is 1. The molecule has 4 rings (SSSR count). The number of imide groups is 1. The minimum atomic E-state index is -1.11. The van der Waals surface area contributed by atoms with Crippen LogP contribution in [-0.2, 0) is 4.79 Å². The van der Waals surface area contributed by atoms with Gasteiger partial charge in [-0.2, -0.15) is 5.26 Å². The lowest BCUT2D eigenvalue weighted by Crippen LogP contribution is -2.47. The topological polar surface area (TPSA) is 96.7 Å². The quantitative estimate of drug-likeness (QED) is 0.116. The van der Waals surface area contributed by atoms with Crippen molar-refractivity contribution in [3.63, 3.8) is 0 Å². The van der Waals surface area contributed by atoms with Crippen molar-refractivity contribution < 1.29 is 23.9 Å². The van der Waals surface area contributed by atoms with Crippen molar-refractivity contribution in [1.29, 1.82) is 5.26 Å². The fraction of sp³-hybridized carbons (Fsp3) is 0.200. The van der Waals surface area contributed by atoms with E-state index in [1.165, 1.54) is 7.11 Å². The van der Waals surface area contributed by atoms with Gasteiger partial charge in [-0.25, -0.2) is 4.79 Å². The first-order valence-corrected chi connectivity index (χ1v) is 12.4. The molecule has 0 saturated carbocycles. The van der Waals surface area contributed by atoms with Crippen molar-refractivity contribution >= 4 is 41.0 Å². The van der Waals surface area contributed by atoms with Crippen LogP contribution in [0.4, 0.5) is 0 Å². The van der Waals surface area contributed by atoms with Crippen LogP contribution in [0.1, 0.15) is 52.1 Å². The lowest BCUT2D eigenvalue weighted by molar-refractivity contribution is -0.139. The predicted octanol–water partition coefficient (Wildman–Crippen LogP) is 6.03. The van der Waals surface area contributed by atoms with Gasteiger partial charge in [0.15, 0.2) is 11.5 Å². The number of amides is 2. The first-order valence-electron chi connectivity index (χ1n) is 12.0. The third kappa shape index (κ3) is 5.46. The Balaban J connectivity index is 1.61. The molecule has 1 aliphatic heterocycles. The molecule has 2 amide bonds. The highest BCUT2D eigenvalue weighted by atomic mass is 35.5. The highest BCUT2D eigenvalue weighted by molar-refractivity contribution is 6.30. The van der Waals surface area contributed by atoms with Crippen LogP contribution in [0.25, 0.3) is 11.6 Å². The van der Waals surface area contributed by atoms with E-state index in [1.807, 2.05) is 13.8 Å². The van der Waals surface area contributed by atoms with Gasteiger partial charge in [0.25, 0.3) is 11.8 Å². The Morgan fingerprint density at radius 2 is 1.63 bits per heavy atom. The number of nitriles is 1. The predicted molar refractivity (Wildman–Crippen MR) is 144 cm³/mol. The largest absolute Gasteiger partial charge is 0.493 e. The molecule has 0 saturated heterocycles. The van der Waals surface area contributed by atoms with Crippen LogP contribution in [0.2, 0.25) is 5.02 Å². The van der Waals surface area contributed by atoms with Gasteiger partial charge in [-0.05, 0) is 65.9 Å². The number of hydrogen-bond donors (Lipinski definition) is 0. The van der Waals surface area contributed by atoms with Gasteiger partial charge in [0.1, 0.15) is 6.04 Å². The maximum absolute atomic E-state index is 13.4. The molecule has 1 aliphatic rings. The molecule has 192 valence electrons. The van der Waals surface area contributed by atoms with Gasteiger partial charge in [-0.1, -0.05) is 55.8 Å². The molecule has 1 atom stereocenters. The maximum atomic E-state index is 13.4. The van der Waals surface area contributed by atoms with E-state index in [-0.39, 0.29) is 35.0 Å². The van der Waals surface area contributed by atoms with Gasteiger partial charge in [0.2, 0.25) is 0 Å². The molecule has 3 aromatic carbocycles. The lowest BCUT2D eigenvalue weighted by Gasteiger charge is -2.26. The highest BCUT2D eigenvalue weighted by Crippen LogP contribution is 2.32.